The van der Waals surface area contributed by atoms with Gasteiger partial charge in [-0.25, -0.2) is 0 Å². The summed E-state index contributed by atoms with van der Waals surface area (Å²) in [7, 11) is 0. The van der Waals surface area contributed by atoms with Crippen molar-refractivity contribution in [2.24, 2.45) is 0 Å². The van der Waals surface area contributed by atoms with Crippen molar-refractivity contribution in [1.29, 1.82) is 0 Å². The number of piperazine rings is 1. The van der Waals surface area contributed by atoms with Crippen LogP contribution in [0.1, 0.15) is 0 Å². The summed E-state index contributed by atoms with van der Waals surface area (Å²) in [5.41, 5.74) is 1.31. The quantitative estimate of drug-likeness (QED) is 0.780. The second-order valence-electron chi connectivity index (χ2n) is 4.60. The Hall–Kier alpha value is -1.06. The molecule has 16 heavy (non-hydrogen) atoms. The minimum atomic E-state index is 0.796. The fraction of sp³-hybridized carbons (Fsp3) is 0.538. The molecule has 0 aromatic heterocycles. The van der Waals surface area contributed by atoms with E-state index in [0.29, 0.717) is 0 Å². The number of hydrogen-bond donors (Lipinski definition) is 1. The standard InChI is InChI=1S/C13H18N3/c1-2-4-12(5-3-1)15-6-8-16(9-7-15)13-10-14-11-13/h1-2,4-5,13-14H,6-11H2. The zero-order chi connectivity index (χ0) is 10.8. The molecule has 0 saturated carbocycles. The van der Waals surface area contributed by atoms with Gasteiger partial charge in [0.2, 0.25) is 0 Å². The molecule has 2 heterocycles. The molecule has 3 rings (SSSR count). The first-order valence-electron chi connectivity index (χ1n) is 6.09. The van der Waals surface area contributed by atoms with E-state index < -0.39 is 0 Å². The third kappa shape index (κ3) is 1.93. The van der Waals surface area contributed by atoms with Crippen LogP contribution < -0.4 is 10.2 Å². The molecule has 0 bridgehead atoms. The lowest BCUT2D eigenvalue weighted by molar-refractivity contribution is 0.138. The van der Waals surface area contributed by atoms with Crippen LogP contribution in [0.15, 0.2) is 24.3 Å². The Bertz CT molecular complexity index is 326. The molecule has 0 atom stereocenters. The van der Waals surface area contributed by atoms with Crippen molar-refractivity contribution in [3.05, 3.63) is 30.3 Å². The van der Waals surface area contributed by atoms with Gasteiger partial charge >= 0.3 is 0 Å². The first-order valence-corrected chi connectivity index (χ1v) is 6.09. The number of nitrogens with zero attached hydrogens (tertiary/aromatic N) is 2. The summed E-state index contributed by atoms with van der Waals surface area (Å²) in [4.78, 5) is 5.07. The van der Waals surface area contributed by atoms with Crippen LogP contribution in [-0.2, 0) is 0 Å². The SMILES string of the molecule is [c]1cccc(N2CCN(C3CNC3)CC2)c1. The second kappa shape index (κ2) is 4.44. The minimum Gasteiger partial charge on any atom is -0.369 e. The van der Waals surface area contributed by atoms with Gasteiger partial charge in [0.05, 0.1) is 0 Å². The molecular weight excluding hydrogens is 198 g/mol. The van der Waals surface area contributed by atoms with Crippen LogP contribution in [0.4, 0.5) is 5.69 Å². The molecule has 2 fully saturated rings. The normalized spacial score (nSPS) is 23.1. The molecule has 85 valence electrons. The van der Waals surface area contributed by atoms with E-state index in [0.717, 1.165) is 19.1 Å². The highest BCUT2D eigenvalue weighted by Gasteiger charge is 2.27. The van der Waals surface area contributed by atoms with Gasteiger partial charge in [-0.15, -0.1) is 0 Å². The van der Waals surface area contributed by atoms with E-state index in [1.165, 1.54) is 31.9 Å². The lowest BCUT2D eigenvalue weighted by atomic mass is 10.1. The van der Waals surface area contributed by atoms with Crippen molar-refractivity contribution in [3.8, 4) is 0 Å². The van der Waals surface area contributed by atoms with Crippen LogP contribution in [-0.4, -0.2) is 50.2 Å². The monoisotopic (exact) mass is 216 g/mol. The summed E-state index contributed by atoms with van der Waals surface area (Å²) < 4.78 is 0. The second-order valence-corrected chi connectivity index (χ2v) is 4.60. The fourth-order valence-electron chi connectivity index (χ4n) is 2.46. The van der Waals surface area contributed by atoms with Gasteiger partial charge in [0.1, 0.15) is 0 Å². The van der Waals surface area contributed by atoms with Crippen molar-refractivity contribution in [1.82, 2.24) is 10.2 Å². The Labute approximate surface area is 97.0 Å². The summed E-state index contributed by atoms with van der Waals surface area (Å²) in [6.07, 6.45) is 0. The zero-order valence-electron chi connectivity index (χ0n) is 9.52. The minimum absolute atomic E-state index is 0.796. The van der Waals surface area contributed by atoms with E-state index in [9.17, 15) is 0 Å². The summed E-state index contributed by atoms with van der Waals surface area (Å²) in [5, 5.41) is 3.34. The smallest absolute Gasteiger partial charge is 0.0373 e. The molecule has 2 aliphatic heterocycles. The van der Waals surface area contributed by atoms with Crippen molar-refractivity contribution in [2.45, 2.75) is 6.04 Å². The fourth-order valence-corrected chi connectivity index (χ4v) is 2.46. The molecule has 1 radical (unpaired) electrons. The Kier molecular flexibility index (Phi) is 2.80. The molecule has 0 spiro atoms. The van der Waals surface area contributed by atoms with E-state index in [2.05, 4.69) is 39.4 Å². The highest BCUT2D eigenvalue weighted by Crippen LogP contribution is 2.17. The average molecular weight is 216 g/mol. The summed E-state index contributed by atoms with van der Waals surface area (Å²) in [5.74, 6) is 0. The molecule has 1 aromatic rings. The first-order chi connectivity index (χ1) is 7.93. The number of anilines is 1. The molecule has 1 N–H and O–H groups in total. The third-order valence-corrected chi connectivity index (χ3v) is 3.65. The predicted molar refractivity (Wildman–Crippen MR) is 65.7 cm³/mol. The lowest BCUT2D eigenvalue weighted by Crippen LogP contribution is -2.61. The Balaban J connectivity index is 1.58. The average Bonchev–Trinajstić information content (AvgIpc) is 2.29. The van der Waals surface area contributed by atoms with Crippen LogP contribution in [0.2, 0.25) is 0 Å². The number of rotatable bonds is 2. The molecule has 3 nitrogen and oxygen atoms in total. The molecule has 0 unspecified atom stereocenters. The largest absolute Gasteiger partial charge is 0.369 e. The number of hydrogen-bond acceptors (Lipinski definition) is 3. The molecule has 1 aromatic carbocycles. The van der Waals surface area contributed by atoms with E-state index in [4.69, 9.17) is 0 Å². The van der Waals surface area contributed by atoms with Crippen molar-refractivity contribution in [2.75, 3.05) is 44.2 Å². The van der Waals surface area contributed by atoms with Crippen molar-refractivity contribution >= 4 is 5.69 Å². The maximum atomic E-state index is 3.34. The third-order valence-electron chi connectivity index (χ3n) is 3.65. The highest BCUT2D eigenvalue weighted by atomic mass is 15.3. The topological polar surface area (TPSA) is 18.5 Å². The first kappa shape index (κ1) is 10.1. The van der Waals surface area contributed by atoms with Gasteiger partial charge in [-0.1, -0.05) is 12.1 Å². The Morgan fingerprint density at radius 2 is 2.00 bits per heavy atom. The maximum absolute atomic E-state index is 3.34. The molecule has 0 amide bonds. The van der Waals surface area contributed by atoms with Gasteiger partial charge in [-0.3, -0.25) is 4.90 Å². The Morgan fingerprint density at radius 1 is 1.19 bits per heavy atom. The lowest BCUT2D eigenvalue weighted by Gasteiger charge is -2.43. The van der Waals surface area contributed by atoms with Gasteiger partial charge in [0.15, 0.2) is 0 Å². The maximum Gasteiger partial charge on any atom is 0.0373 e. The molecule has 0 aliphatic carbocycles. The summed E-state index contributed by atoms with van der Waals surface area (Å²) in [6, 6.07) is 12.2. The van der Waals surface area contributed by atoms with E-state index in [1.807, 2.05) is 6.07 Å². The highest BCUT2D eigenvalue weighted by molar-refractivity contribution is 5.46. The van der Waals surface area contributed by atoms with Gasteiger partial charge < -0.3 is 10.2 Å². The van der Waals surface area contributed by atoms with E-state index >= 15 is 0 Å². The van der Waals surface area contributed by atoms with E-state index in [-0.39, 0.29) is 0 Å². The summed E-state index contributed by atoms with van der Waals surface area (Å²) >= 11 is 0. The summed E-state index contributed by atoms with van der Waals surface area (Å²) in [6.45, 7) is 7.05. The Morgan fingerprint density at radius 3 is 2.56 bits per heavy atom. The number of nitrogens with one attached hydrogen (secondary N) is 1. The van der Waals surface area contributed by atoms with Crippen molar-refractivity contribution < 1.29 is 0 Å². The predicted octanol–water partition coefficient (Wildman–Crippen LogP) is 0.581. The van der Waals surface area contributed by atoms with Crippen LogP contribution in [0, 0.1) is 6.07 Å². The molecule has 2 aliphatic rings. The zero-order valence-corrected chi connectivity index (χ0v) is 9.52. The van der Waals surface area contributed by atoms with Gasteiger partial charge in [-0.05, 0) is 18.2 Å². The molecular formula is C13H18N3. The van der Waals surface area contributed by atoms with Gasteiger partial charge in [-0.2, -0.15) is 0 Å². The van der Waals surface area contributed by atoms with Crippen molar-refractivity contribution in [3.63, 3.8) is 0 Å². The van der Waals surface area contributed by atoms with E-state index in [1.54, 1.807) is 0 Å². The van der Waals surface area contributed by atoms with Crippen LogP contribution >= 0.6 is 0 Å². The van der Waals surface area contributed by atoms with Crippen LogP contribution in [0.25, 0.3) is 0 Å². The molecule has 2 saturated heterocycles. The van der Waals surface area contributed by atoms with Gasteiger partial charge in [0, 0.05) is 51.0 Å². The van der Waals surface area contributed by atoms with Crippen LogP contribution in [0.5, 0.6) is 0 Å². The van der Waals surface area contributed by atoms with Crippen LogP contribution in [0.3, 0.4) is 0 Å². The number of benzene rings is 1. The molecule has 3 heteroatoms. The van der Waals surface area contributed by atoms with Gasteiger partial charge in [0.25, 0.3) is 0 Å².